The third-order valence-corrected chi connectivity index (χ3v) is 5.13. The molecule has 2 aliphatic rings. The summed E-state index contributed by atoms with van der Waals surface area (Å²) >= 11 is 0. The lowest BCUT2D eigenvalue weighted by molar-refractivity contribution is -0.00594. The Bertz CT molecular complexity index is 757. The number of aromatic nitrogens is 3. The van der Waals surface area contributed by atoms with Crippen molar-refractivity contribution in [2.45, 2.75) is 32.0 Å². The molecule has 0 N–H and O–H groups in total. The first-order valence-electron chi connectivity index (χ1n) is 8.47. The van der Waals surface area contributed by atoms with E-state index in [0.29, 0.717) is 12.5 Å². The second-order valence-electron chi connectivity index (χ2n) is 6.73. The average Bonchev–Trinajstić information content (AvgIpc) is 3.19. The Morgan fingerprint density at radius 2 is 2.25 bits per heavy atom. The molecule has 0 bridgehead atoms. The third-order valence-electron chi connectivity index (χ3n) is 5.13. The highest BCUT2D eigenvalue weighted by Gasteiger charge is 2.41. The molecular weight excluding hydrogens is 304 g/mol. The second kappa shape index (κ2) is 6.02. The zero-order valence-electron chi connectivity index (χ0n) is 14.1. The van der Waals surface area contributed by atoms with E-state index in [4.69, 9.17) is 4.74 Å². The van der Waals surface area contributed by atoms with Crippen molar-refractivity contribution in [3.8, 4) is 0 Å². The van der Waals surface area contributed by atoms with Gasteiger partial charge in [-0.05, 0) is 43.9 Å². The van der Waals surface area contributed by atoms with Crippen LogP contribution in [0.4, 0.5) is 0 Å². The molecule has 2 aromatic rings. The summed E-state index contributed by atoms with van der Waals surface area (Å²) in [5.41, 5.74) is 1.69. The molecule has 2 saturated heterocycles. The number of fused-ring (bicyclic) bond motifs is 1. The summed E-state index contributed by atoms with van der Waals surface area (Å²) in [5.74, 6) is 1.36. The Labute approximate surface area is 141 Å². The molecule has 126 valence electrons. The molecule has 4 heterocycles. The number of ether oxygens (including phenoxy) is 1. The molecule has 24 heavy (non-hydrogen) atoms. The van der Waals surface area contributed by atoms with Crippen LogP contribution in [0.5, 0.6) is 0 Å². The molecule has 0 radical (unpaired) electrons. The van der Waals surface area contributed by atoms with Gasteiger partial charge in [0, 0.05) is 32.5 Å². The number of hydrogen-bond donors (Lipinski definition) is 0. The van der Waals surface area contributed by atoms with Crippen molar-refractivity contribution >= 4 is 5.91 Å². The predicted octanol–water partition coefficient (Wildman–Crippen LogP) is 2.12. The number of hydrogen-bond acceptors (Lipinski definition) is 4. The van der Waals surface area contributed by atoms with Gasteiger partial charge in [0.25, 0.3) is 5.91 Å². The first-order valence-corrected chi connectivity index (χ1v) is 8.47. The lowest BCUT2D eigenvalue weighted by Gasteiger charge is -2.34. The minimum Gasteiger partial charge on any atom is -0.367 e. The van der Waals surface area contributed by atoms with E-state index in [2.05, 4.69) is 9.97 Å². The molecule has 6 nitrogen and oxygen atoms in total. The molecule has 2 fully saturated rings. The van der Waals surface area contributed by atoms with E-state index in [1.165, 1.54) is 0 Å². The highest BCUT2D eigenvalue weighted by Crippen LogP contribution is 2.40. The normalized spacial score (nSPS) is 26.4. The summed E-state index contributed by atoms with van der Waals surface area (Å²) in [6.45, 7) is 3.35. The molecule has 0 aromatic carbocycles. The number of aryl methyl sites for hydroxylation is 2. The molecule has 2 aliphatic heterocycles. The average molecular weight is 326 g/mol. The van der Waals surface area contributed by atoms with Crippen LogP contribution in [-0.2, 0) is 11.8 Å². The summed E-state index contributed by atoms with van der Waals surface area (Å²) in [7, 11) is 1.90. The van der Waals surface area contributed by atoms with Gasteiger partial charge in [0.05, 0.1) is 11.8 Å². The molecular formula is C18H22N4O2. The first kappa shape index (κ1) is 15.3. The van der Waals surface area contributed by atoms with Crippen LogP contribution < -0.4 is 0 Å². The summed E-state index contributed by atoms with van der Waals surface area (Å²) in [4.78, 5) is 23.3. The zero-order chi connectivity index (χ0) is 16.7. The van der Waals surface area contributed by atoms with Gasteiger partial charge in [0.15, 0.2) is 0 Å². The Balaban J connectivity index is 1.46. The topological polar surface area (TPSA) is 60.2 Å². The fourth-order valence-electron chi connectivity index (χ4n) is 3.80. The molecule has 0 aliphatic carbocycles. The Morgan fingerprint density at radius 1 is 1.38 bits per heavy atom. The predicted molar refractivity (Wildman–Crippen MR) is 88.4 cm³/mol. The van der Waals surface area contributed by atoms with E-state index in [1.807, 2.05) is 47.8 Å². The van der Waals surface area contributed by atoms with Crippen molar-refractivity contribution in [1.82, 2.24) is 19.4 Å². The van der Waals surface area contributed by atoms with Crippen LogP contribution in [0.15, 0.2) is 30.6 Å². The number of piperidine rings is 1. The fourth-order valence-corrected chi connectivity index (χ4v) is 3.80. The second-order valence-corrected chi connectivity index (χ2v) is 6.73. The van der Waals surface area contributed by atoms with Gasteiger partial charge in [-0.2, -0.15) is 0 Å². The number of rotatable bonds is 2. The summed E-state index contributed by atoms with van der Waals surface area (Å²) < 4.78 is 8.11. The number of likely N-dealkylation sites (tertiary alicyclic amines) is 1. The van der Waals surface area contributed by atoms with E-state index in [1.54, 1.807) is 6.20 Å². The number of nitrogens with zero attached hydrogens (tertiary/aromatic N) is 4. The standard InChI is InChI=1S/C18H22N4O2/c1-12-19-7-5-14(20-12)16-10-13-6-9-22(11-17(13)24-16)18(23)15-4-3-8-21(15)2/h3-5,7-8,13,16-17H,6,9-11H2,1-2H3/t13-,16-,17+/m1/s1. The highest BCUT2D eigenvalue weighted by molar-refractivity contribution is 5.92. The molecule has 3 atom stereocenters. The molecule has 6 heteroatoms. The van der Waals surface area contributed by atoms with E-state index in [-0.39, 0.29) is 18.1 Å². The SMILES string of the molecule is Cc1nccc([C@H]2C[C@H]3CCN(C(=O)c4cccn4C)C[C@@H]3O2)n1. The van der Waals surface area contributed by atoms with Gasteiger partial charge < -0.3 is 14.2 Å². The lowest BCUT2D eigenvalue weighted by Crippen LogP contribution is -2.45. The maximum atomic E-state index is 12.7. The monoisotopic (exact) mass is 326 g/mol. The summed E-state index contributed by atoms with van der Waals surface area (Å²) in [6.07, 6.45) is 5.78. The van der Waals surface area contributed by atoms with Gasteiger partial charge in [-0.25, -0.2) is 9.97 Å². The first-order chi connectivity index (χ1) is 11.6. The lowest BCUT2D eigenvalue weighted by atomic mass is 9.91. The van der Waals surface area contributed by atoms with E-state index in [0.717, 1.165) is 36.6 Å². The molecule has 0 spiro atoms. The van der Waals surface area contributed by atoms with Gasteiger partial charge in [0.2, 0.25) is 0 Å². The molecule has 2 aromatic heterocycles. The van der Waals surface area contributed by atoms with Crippen molar-refractivity contribution in [2.24, 2.45) is 13.0 Å². The molecule has 4 rings (SSSR count). The zero-order valence-corrected chi connectivity index (χ0v) is 14.1. The van der Waals surface area contributed by atoms with Crippen molar-refractivity contribution in [1.29, 1.82) is 0 Å². The van der Waals surface area contributed by atoms with Crippen molar-refractivity contribution < 1.29 is 9.53 Å². The van der Waals surface area contributed by atoms with Crippen molar-refractivity contribution in [3.63, 3.8) is 0 Å². The molecule has 1 amide bonds. The highest BCUT2D eigenvalue weighted by atomic mass is 16.5. The molecule has 0 unspecified atom stereocenters. The van der Waals surface area contributed by atoms with Crippen LogP contribution in [-0.4, -0.2) is 44.5 Å². The summed E-state index contributed by atoms with van der Waals surface area (Å²) in [6, 6.07) is 5.71. The largest absolute Gasteiger partial charge is 0.367 e. The Morgan fingerprint density at radius 3 is 3.00 bits per heavy atom. The van der Waals surface area contributed by atoms with Crippen LogP contribution in [0.25, 0.3) is 0 Å². The van der Waals surface area contributed by atoms with Gasteiger partial charge in [-0.15, -0.1) is 0 Å². The van der Waals surface area contributed by atoms with Crippen molar-refractivity contribution in [2.75, 3.05) is 13.1 Å². The van der Waals surface area contributed by atoms with Gasteiger partial charge in [0.1, 0.15) is 17.6 Å². The number of amides is 1. The Kier molecular flexibility index (Phi) is 3.84. The maximum Gasteiger partial charge on any atom is 0.270 e. The summed E-state index contributed by atoms with van der Waals surface area (Å²) in [5, 5.41) is 0. The Hall–Kier alpha value is -2.21. The smallest absolute Gasteiger partial charge is 0.270 e. The fraction of sp³-hybridized carbons (Fsp3) is 0.500. The maximum absolute atomic E-state index is 12.7. The third kappa shape index (κ3) is 2.71. The number of carbonyl (C=O) groups is 1. The van der Waals surface area contributed by atoms with Gasteiger partial charge in [-0.1, -0.05) is 0 Å². The molecule has 0 saturated carbocycles. The minimum absolute atomic E-state index is 0.0202. The van der Waals surface area contributed by atoms with E-state index < -0.39 is 0 Å². The van der Waals surface area contributed by atoms with Crippen LogP contribution in [0, 0.1) is 12.8 Å². The van der Waals surface area contributed by atoms with Gasteiger partial charge in [-0.3, -0.25) is 4.79 Å². The van der Waals surface area contributed by atoms with Gasteiger partial charge >= 0.3 is 0 Å². The quantitative estimate of drug-likeness (QED) is 0.848. The van der Waals surface area contributed by atoms with Crippen LogP contribution >= 0.6 is 0 Å². The number of carbonyl (C=O) groups excluding carboxylic acids is 1. The van der Waals surface area contributed by atoms with E-state index in [9.17, 15) is 4.79 Å². The van der Waals surface area contributed by atoms with E-state index >= 15 is 0 Å². The van der Waals surface area contributed by atoms with Crippen LogP contribution in [0.2, 0.25) is 0 Å². The van der Waals surface area contributed by atoms with Crippen LogP contribution in [0.3, 0.4) is 0 Å². The van der Waals surface area contributed by atoms with Crippen LogP contribution in [0.1, 0.15) is 41.0 Å². The minimum atomic E-state index is 0.0202. The van der Waals surface area contributed by atoms with Crippen molar-refractivity contribution in [3.05, 3.63) is 47.8 Å².